The van der Waals surface area contributed by atoms with Crippen LogP contribution in [-0.2, 0) is 11.2 Å². The van der Waals surface area contributed by atoms with E-state index in [1.807, 2.05) is 42.5 Å². The summed E-state index contributed by atoms with van der Waals surface area (Å²) in [6.07, 6.45) is 0.851. The van der Waals surface area contributed by atoms with Gasteiger partial charge in [0.15, 0.2) is 0 Å². The highest BCUT2D eigenvalue weighted by molar-refractivity contribution is 5.69. The van der Waals surface area contributed by atoms with Gasteiger partial charge in [0.2, 0.25) is 0 Å². The van der Waals surface area contributed by atoms with Gasteiger partial charge in [0.05, 0.1) is 6.42 Å². The summed E-state index contributed by atoms with van der Waals surface area (Å²) in [5, 5.41) is 9.24. The first kappa shape index (κ1) is 12.9. The molecule has 2 aromatic carbocycles. The number of aliphatic carboxylic acids is 1. The molecule has 3 N–H and O–H groups in total. The van der Waals surface area contributed by atoms with Crippen molar-refractivity contribution in [2.45, 2.75) is 24.8 Å². The molecule has 0 fully saturated rings. The van der Waals surface area contributed by atoms with Crippen LogP contribution < -0.4 is 5.73 Å². The van der Waals surface area contributed by atoms with Gasteiger partial charge >= 0.3 is 5.97 Å². The highest BCUT2D eigenvalue weighted by Gasteiger charge is 2.28. The molecule has 0 aliphatic heterocycles. The summed E-state index contributed by atoms with van der Waals surface area (Å²) in [4.78, 5) is 11.2. The number of benzene rings is 2. The van der Waals surface area contributed by atoms with Gasteiger partial charge in [-0.05, 0) is 28.7 Å². The highest BCUT2D eigenvalue weighted by atomic mass is 16.4. The van der Waals surface area contributed by atoms with E-state index >= 15 is 0 Å². The Bertz CT molecular complexity index is 651. The average molecular weight is 267 g/mol. The van der Waals surface area contributed by atoms with Crippen LogP contribution in [0.5, 0.6) is 0 Å². The molecule has 102 valence electrons. The van der Waals surface area contributed by atoms with E-state index < -0.39 is 5.97 Å². The summed E-state index contributed by atoms with van der Waals surface area (Å²) in [6.45, 7) is 0. The Balaban J connectivity index is 2.20. The number of nitrogens with two attached hydrogens (primary N) is 1. The van der Waals surface area contributed by atoms with Crippen LogP contribution in [0.25, 0.3) is 0 Å². The van der Waals surface area contributed by atoms with Crippen LogP contribution in [0.15, 0.2) is 48.5 Å². The quantitative estimate of drug-likeness (QED) is 0.879. The Morgan fingerprint density at radius 3 is 2.35 bits per heavy atom. The minimum Gasteiger partial charge on any atom is -0.481 e. The van der Waals surface area contributed by atoms with E-state index in [-0.39, 0.29) is 18.4 Å². The summed E-state index contributed by atoms with van der Waals surface area (Å²) < 4.78 is 0. The summed E-state index contributed by atoms with van der Waals surface area (Å²) in [5.41, 5.74) is 10.7. The zero-order valence-electron chi connectivity index (χ0n) is 11.1. The lowest BCUT2D eigenvalue weighted by Crippen LogP contribution is -2.14. The van der Waals surface area contributed by atoms with Crippen LogP contribution in [0.1, 0.15) is 40.6 Å². The van der Waals surface area contributed by atoms with Gasteiger partial charge in [-0.3, -0.25) is 4.79 Å². The molecule has 1 aliphatic rings. The molecule has 0 bridgehead atoms. The van der Waals surface area contributed by atoms with Crippen LogP contribution in [0.2, 0.25) is 0 Å². The second-order valence-corrected chi connectivity index (χ2v) is 5.29. The first-order valence-electron chi connectivity index (χ1n) is 6.81. The molecule has 2 atom stereocenters. The highest BCUT2D eigenvalue weighted by Crippen LogP contribution is 2.38. The fourth-order valence-electron chi connectivity index (χ4n) is 3.13. The fraction of sp³-hybridized carbons (Fsp3) is 0.235. The SMILES string of the molecule is NC1Cc2ccccc2C(CC(=O)O)c2ccccc21. The Morgan fingerprint density at radius 2 is 1.65 bits per heavy atom. The molecular weight excluding hydrogens is 250 g/mol. The molecule has 3 heteroatoms. The van der Waals surface area contributed by atoms with Gasteiger partial charge in [0.25, 0.3) is 0 Å². The van der Waals surface area contributed by atoms with Crippen molar-refractivity contribution in [1.82, 2.24) is 0 Å². The number of fused-ring (bicyclic) bond motifs is 2. The first-order chi connectivity index (χ1) is 9.66. The number of hydrogen-bond acceptors (Lipinski definition) is 2. The second kappa shape index (κ2) is 5.10. The number of carbonyl (C=O) groups is 1. The van der Waals surface area contributed by atoms with Crippen molar-refractivity contribution in [2.75, 3.05) is 0 Å². The van der Waals surface area contributed by atoms with Gasteiger partial charge in [-0.15, -0.1) is 0 Å². The molecule has 2 unspecified atom stereocenters. The van der Waals surface area contributed by atoms with E-state index in [1.165, 1.54) is 0 Å². The summed E-state index contributed by atoms with van der Waals surface area (Å²) in [5.74, 6) is -0.900. The number of hydrogen-bond donors (Lipinski definition) is 2. The van der Waals surface area contributed by atoms with E-state index in [0.29, 0.717) is 0 Å². The number of carboxylic acids is 1. The third-order valence-electron chi connectivity index (χ3n) is 4.02. The van der Waals surface area contributed by atoms with Crippen molar-refractivity contribution in [3.63, 3.8) is 0 Å². The standard InChI is InChI=1S/C17H17NO2/c18-16-9-11-5-1-2-6-12(11)15(10-17(19)20)13-7-3-4-8-14(13)16/h1-8,15-16H,9-10,18H2,(H,19,20). The lowest BCUT2D eigenvalue weighted by molar-refractivity contribution is -0.137. The minimum absolute atomic E-state index is 0.0776. The lowest BCUT2D eigenvalue weighted by Gasteiger charge is -2.18. The Hall–Kier alpha value is -2.13. The van der Waals surface area contributed by atoms with Gasteiger partial charge in [-0.25, -0.2) is 0 Å². The molecule has 0 saturated heterocycles. The molecule has 0 radical (unpaired) electrons. The molecule has 0 spiro atoms. The maximum Gasteiger partial charge on any atom is 0.304 e. The zero-order chi connectivity index (χ0) is 14.1. The number of carboxylic acid groups (broad SMARTS) is 1. The average Bonchev–Trinajstić information content (AvgIpc) is 2.55. The third kappa shape index (κ3) is 2.21. The van der Waals surface area contributed by atoms with Gasteiger partial charge in [0.1, 0.15) is 0 Å². The van der Waals surface area contributed by atoms with E-state index in [9.17, 15) is 9.90 Å². The molecule has 0 heterocycles. The normalized spacial score (nSPS) is 20.6. The summed E-state index contributed by atoms with van der Waals surface area (Å²) in [7, 11) is 0. The Morgan fingerprint density at radius 1 is 1.05 bits per heavy atom. The molecule has 20 heavy (non-hydrogen) atoms. The lowest BCUT2D eigenvalue weighted by atomic mass is 9.85. The topological polar surface area (TPSA) is 63.3 Å². The molecule has 0 saturated carbocycles. The molecule has 1 aliphatic carbocycles. The van der Waals surface area contributed by atoms with E-state index in [4.69, 9.17) is 5.73 Å². The fourth-order valence-corrected chi connectivity index (χ4v) is 3.13. The predicted molar refractivity (Wildman–Crippen MR) is 77.6 cm³/mol. The van der Waals surface area contributed by atoms with Crippen LogP contribution in [-0.4, -0.2) is 11.1 Å². The summed E-state index contributed by atoms with van der Waals surface area (Å²) >= 11 is 0. The number of rotatable bonds is 2. The predicted octanol–water partition coefficient (Wildman–Crippen LogP) is 2.85. The smallest absolute Gasteiger partial charge is 0.304 e. The van der Waals surface area contributed by atoms with Crippen molar-refractivity contribution in [3.8, 4) is 0 Å². The van der Waals surface area contributed by atoms with E-state index in [0.717, 1.165) is 28.7 Å². The van der Waals surface area contributed by atoms with Crippen LogP contribution in [0.4, 0.5) is 0 Å². The van der Waals surface area contributed by atoms with Gasteiger partial charge in [-0.1, -0.05) is 48.5 Å². The monoisotopic (exact) mass is 267 g/mol. The molecule has 2 aromatic rings. The van der Waals surface area contributed by atoms with Crippen LogP contribution >= 0.6 is 0 Å². The first-order valence-corrected chi connectivity index (χ1v) is 6.81. The van der Waals surface area contributed by atoms with E-state index in [1.54, 1.807) is 0 Å². The maximum atomic E-state index is 11.2. The molecule has 0 aromatic heterocycles. The second-order valence-electron chi connectivity index (χ2n) is 5.29. The zero-order valence-corrected chi connectivity index (χ0v) is 11.1. The van der Waals surface area contributed by atoms with Gasteiger partial charge in [0, 0.05) is 12.0 Å². The largest absolute Gasteiger partial charge is 0.481 e. The summed E-state index contributed by atoms with van der Waals surface area (Å²) in [6, 6.07) is 15.9. The maximum absolute atomic E-state index is 11.2. The molecule has 3 rings (SSSR count). The Labute approximate surface area is 118 Å². The van der Waals surface area contributed by atoms with Crippen molar-refractivity contribution in [2.24, 2.45) is 5.73 Å². The van der Waals surface area contributed by atoms with Crippen molar-refractivity contribution < 1.29 is 9.90 Å². The van der Waals surface area contributed by atoms with Gasteiger partial charge in [-0.2, -0.15) is 0 Å². The molecular formula is C17H17NO2. The van der Waals surface area contributed by atoms with Gasteiger partial charge < -0.3 is 10.8 Å². The van der Waals surface area contributed by atoms with Crippen molar-refractivity contribution in [1.29, 1.82) is 0 Å². The Kier molecular flexibility index (Phi) is 3.28. The molecule has 0 amide bonds. The third-order valence-corrected chi connectivity index (χ3v) is 4.02. The van der Waals surface area contributed by atoms with E-state index in [2.05, 4.69) is 6.07 Å². The minimum atomic E-state index is -0.782. The van der Waals surface area contributed by atoms with Crippen molar-refractivity contribution >= 4 is 5.97 Å². The molecule has 3 nitrogen and oxygen atoms in total. The van der Waals surface area contributed by atoms with Crippen LogP contribution in [0.3, 0.4) is 0 Å². The van der Waals surface area contributed by atoms with Crippen LogP contribution in [0, 0.1) is 0 Å². The van der Waals surface area contributed by atoms with Crippen molar-refractivity contribution in [3.05, 3.63) is 70.8 Å².